The van der Waals surface area contributed by atoms with Crippen LogP contribution in [0.15, 0.2) is 18.2 Å². The third-order valence-electron chi connectivity index (χ3n) is 3.90. The number of fused-ring (bicyclic) bond motifs is 1. The molecule has 19 heavy (non-hydrogen) atoms. The van der Waals surface area contributed by atoms with Gasteiger partial charge in [0.2, 0.25) is 0 Å². The fraction of sp³-hybridized carbons (Fsp3) is 0.647. The molecule has 0 saturated heterocycles. The van der Waals surface area contributed by atoms with Gasteiger partial charge in [0.1, 0.15) is 0 Å². The van der Waals surface area contributed by atoms with Crippen LogP contribution < -0.4 is 5.32 Å². The summed E-state index contributed by atoms with van der Waals surface area (Å²) in [6.07, 6.45) is 4.12. The molecule has 0 fully saturated rings. The monoisotopic (exact) mass is 261 g/mol. The van der Waals surface area contributed by atoms with E-state index in [1.54, 1.807) is 0 Å². The molecule has 2 N–H and O–H groups in total. The van der Waals surface area contributed by atoms with Gasteiger partial charge in [0.05, 0.1) is 6.10 Å². The van der Waals surface area contributed by atoms with Crippen molar-refractivity contribution in [3.05, 3.63) is 34.9 Å². The summed E-state index contributed by atoms with van der Waals surface area (Å²) in [4.78, 5) is 0. The molecule has 0 heterocycles. The van der Waals surface area contributed by atoms with E-state index in [9.17, 15) is 5.11 Å². The van der Waals surface area contributed by atoms with Crippen molar-refractivity contribution in [1.29, 1.82) is 0 Å². The molecule has 1 aromatic rings. The van der Waals surface area contributed by atoms with Crippen LogP contribution >= 0.6 is 0 Å². The van der Waals surface area contributed by atoms with E-state index in [0.29, 0.717) is 0 Å². The predicted molar refractivity (Wildman–Crippen MR) is 80.4 cm³/mol. The lowest BCUT2D eigenvalue weighted by Crippen LogP contribution is -2.46. The standard InChI is InChI=1S/C17H27NO/c1-5-15(18-17(2,3)4)16(19)14-10-9-12-7-6-8-13(12)11-14/h9-11,15-16,18-19H,5-8H2,1-4H3. The van der Waals surface area contributed by atoms with Crippen molar-refractivity contribution in [2.75, 3.05) is 0 Å². The first-order valence-electron chi connectivity index (χ1n) is 7.48. The number of benzene rings is 1. The minimum absolute atomic E-state index is 0.0262. The summed E-state index contributed by atoms with van der Waals surface area (Å²) in [5.74, 6) is 0. The SMILES string of the molecule is CCC(NC(C)(C)C)C(O)c1ccc2c(c1)CCC2. The number of hydrogen-bond acceptors (Lipinski definition) is 2. The number of aryl methyl sites for hydroxylation is 2. The summed E-state index contributed by atoms with van der Waals surface area (Å²) in [6.45, 7) is 8.56. The smallest absolute Gasteiger partial charge is 0.0943 e. The van der Waals surface area contributed by atoms with E-state index >= 15 is 0 Å². The maximum absolute atomic E-state index is 10.6. The first-order chi connectivity index (χ1) is 8.90. The lowest BCUT2D eigenvalue weighted by Gasteiger charge is -2.31. The molecule has 0 aromatic heterocycles. The van der Waals surface area contributed by atoms with Crippen molar-refractivity contribution in [2.45, 2.75) is 71.1 Å². The van der Waals surface area contributed by atoms with E-state index in [2.05, 4.69) is 51.2 Å². The van der Waals surface area contributed by atoms with E-state index < -0.39 is 6.10 Å². The molecule has 0 bridgehead atoms. The van der Waals surface area contributed by atoms with Crippen molar-refractivity contribution in [1.82, 2.24) is 5.32 Å². The van der Waals surface area contributed by atoms with Crippen molar-refractivity contribution < 1.29 is 5.11 Å². The zero-order valence-corrected chi connectivity index (χ0v) is 12.7. The number of nitrogens with one attached hydrogen (secondary N) is 1. The molecule has 106 valence electrons. The predicted octanol–water partition coefficient (Wildman–Crippen LogP) is 3.38. The summed E-state index contributed by atoms with van der Waals surface area (Å²) < 4.78 is 0. The Balaban J connectivity index is 2.15. The Morgan fingerprint density at radius 2 is 1.89 bits per heavy atom. The van der Waals surface area contributed by atoms with Gasteiger partial charge in [0, 0.05) is 11.6 Å². The molecule has 1 aliphatic rings. The summed E-state index contributed by atoms with van der Waals surface area (Å²) in [5, 5.41) is 14.1. The van der Waals surface area contributed by atoms with E-state index in [1.807, 2.05) is 0 Å². The van der Waals surface area contributed by atoms with Crippen LogP contribution in [0.2, 0.25) is 0 Å². The van der Waals surface area contributed by atoms with Gasteiger partial charge in [-0.3, -0.25) is 0 Å². The number of rotatable bonds is 4. The van der Waals surface area contributed by atoms with Crippen LogP contribution in [-0.2, 0) is 12.8 Å². The highest BCUT2D eigenvalue weighted by molar-refractivity contribution is 5.36. The van der Waals surface area contributed by atoms with Crippen LogP contribution in [0.5, 0.6) is 0 Å². The lowest BCUT2D eigenvalue weighted by atomic mass is 9.95. The molecular formula is C17H27NO. The van der Waals surface area contributed by atoms with E-state index in [1.165, 1.54) is 30.4 Å². The third kappa shape index (κ3) is 3.58. The molecule has 2 rings (SSSR count). The minimum Gasteiger partial charge on any atom is -0.387 e. The topological polar surface area (TPSA) is 32.3 Å². The van der Waals surface area contributed by atoms with Crippen molar-refractivity contribution >= 4 is 0 Å². The van der Waals surface area contributed by atoms with Gasteiger partial charge in [-0.1, -0.05) is 25.1 Å². The zero-order chi connectivity index (χ0) is 14.0. The summed E-state index contributed by atoms with van der Waals surface area (Å²) in [5.41, 5.74) is 3.98. The fourth-order valence-electron chi connectivity index (χ4n) is 2.97. The molecule has 1 aromatic carbocycles. The Morgan fingerprint density at radius 3 is 2.53 bits per heavy atom. The fourth-order valence-corrected chi connectivity index (χ4v) is 2.97. The highest BCUT2D eigenvalue weighted by atomic mass is 16.3. The highest BCUT2D eigenvalue weighted by Gasteiger charge is 2.24. The average molecular weight is 261 g/mol. The van der Waals surface area contributed by atoms with Crippen LogP contribution in [0, 0.1) is 0 Å². The van der Waals surface area contributed by atoms with Crippen molar-refractivity contribution in [3.8, 4) is 0 Å². The van der Waals surface area contributed by atoms with Crippen LogP contribution in [0.25, 0.3) is 0 Å². The summed E-state index contributed by atoms with van der Waals surface area (Å²) in [7, 11) is 0. The van der Waals surface area contributed by atoms with E-state index in [4.69, 9.17) is 0 Å². The molecule has 0 radical (unpaired) electrons. The number of hydrogen-bond donors (Lipinski definition) is 2. The highest BCUT2D eigenvalue weighted by Crippen LogP contribution is 2.27. The first-order valence-corrected chi connectivity index (χ1v) is 7.48. The molecule has 0 spiro atoms. The Morgan fingerprint density at radius 1 is 1.21 bits per heavy atom. The molecule has 0 amide bonds. The van der Waals surface area contributed by atoms with Gasteiger partial charge in [-0.2, -0.15) is 0 Å². The first kappa shape index (κ1) is 14.5. The van der Waals surface area contributed by atoms with Crippen molar-refractivity contribution in [3.63, 3.8) is 0 Å². The quantitative estimate of drug-likeness (QED) is 0.871. The van der Waals surface area contributed by atoms with Gasteiger partial charge in [0.15, 0.2) is 0 Å². The van der Waals surface area contributed by atoms with Crippen molar-refractivity contribution in [2.24, 2.45) is 0 Å². The second-order valence-electron chi connectivity index (χ2n) is 6.74. The minimum atomic E-state index is -0.421. The molecule has 2 unspecified atom stereocenters. The Bertz CT molecular complexity index is 433. The number of aliphatic hydroxyl groups is 1. The molecule has 0 aliphatic heterocycles. The third-order valence-corrected chi connectivity index (χ3v) is 3.90. The Labute approximate surface area is 117 Å². The largest absolute Gasteiger partial charge is 0.387 e. The molecule has 2 heteroatoms. The van der Waals surface area contributed by atoms with Crippen LogP contribution in [0.3, 0.4) is 0 Å². The van der Waals surface area contributed by atoms with Gasteiger partial charge in [-0.15, -0.1) is 0 Å². The average Bonchev–Trinajstić information content (AvgIpc) is 2.81. The van der Waals surface area contributed by atoms with Gasteiger partial charge in [0.25, 0.3) is 0 Å². The molecular weight excluding hydrogens is 234 g/mol. The van der Waals surface area contributed by atoms with Crippen LogP contribution in [-0.4, -0.2) is 16.7 Å². The second-order valence-corrected chi connectivity index (χ2v) is 6.74. The molecule has 2 nitrogen and oxygen atoms in total. The maximum Gasteiger partial charge on any atom is 0.0943 e. The van der Waals surface area contributed by atoms with Gasteiger partial charge < -0.3 is 10.4 Å². The number of aliphatic hydroxyl groups excluding tert-OH is 1. The lowest BCUT2D eigenvalue weighted by molar-refractivity contribution is 0.111. The molecule has 0 saturated carbocycles. The normalized spacial score (nSPS) is 18.2. The second kappa shape index (κ2) is 5.64. The van der Waals surface area contributed by atoms with Gasteiger partial charge in [-0.05, 0) is 63.1 Å². The van der Waals surface area contributed by atoms with Crippen LogP contribution in [0.1, 0.15) is 63.3 Å². The van der Waals surface area contributed by atoms with Gasteiger partial charge >= 0.3 is 0 Å². The Kier molecular flexibility index (Phi) is 4.32. The zero-order valence-electron chi connectivity index (χ0n) is 12.7. The van der Waals surface area contributed by atoms with Crippen LogP contribution in [0.4, 0.5) is 0 Å². The summed E-state index contributed by atoms with van der Waals surface area (Å²) in [6, 6.07) is 6.62. The Hall–Kier alpha value is -0.860. The van der Waals surface area contributed by atoms with E-state index in [-0.39, 0.29) is 11.6 Å². The van der Waals surface area contributed by atoms with E-state index in [0.717, 1.165) is 12.0 Å². The molecule has 1 aliphatic carbocycles. The molecule has 2 atom stereocenters. The summed E-state index contributed by atoms with van der Waals surface area (Å²) >= 11 is 0. The van der Waals surface area contributed by atoms with Gasteiger partial charge in [-0.25, -0.2) is 0 Å². The maximum atomic E-state index is 10.6.